The van der Waals surface area contributed by atoms with Gasteiger partial charge in [-0.05, 0) is 38.4 Å². The Labute approximate surface area is 112 Å². The standard InChI is InChI=1S/C12H20N2OS2/c1-12(5-2-8-17-12)11(15)14-6-3-9(4-7-14)10(13)16/h9H,2-8H2,1H3,(H2,13,16). The van der Waals surface area contributed by atoms with E-state index >= 15 is 0 Å². The van der Waals surface area contributed by atoms with Crippen LogP contribution in [0, 0.1) is 5.92 Å². The molecule has 2 aliphatic heterocycles. The molecule has 0 spiro atoms. The number of carbonyl (C=O) groups excluding carboxylic acids is 1. The topological polar surface area (TPSA) is 46.3 Å². The third-order valence-corrected chi connectivity index (χ3v) is 5.70. The minimum atomic E-state index is -0.171. The molecule has 2 heterocycles. The van der Waals surface area contributed by atoms with E-state index in [1.54, 1.807) is 0 Å². The summed E-state index contributed by atoms with van der Waals surface area (Å²) >= 11 is 6.83. The summed E-state index contributed by atoms with van der Waals surface area (Å²) in [6, 6.07) is 0. The number of amides is 1. The number of nitrogens with two attached hydrogens (primary N) is 1. The van der Waals surface area contributed by atoms with Gasteiger partial charge in [-0.25, -0.2) is 0 Å². The van der Waals surface area contributed by atoms with Crippen LogP contribution in [0.3, 0.4) is 0 Å². The van der Waals surface area contributed by atoms with Gasteiger partial charge < -0.3 is 10.6 Å². The second kappa shape index (κ2) is 5.14. The lowest BCUT2D eigenvalue weighted by Crippen LogP contribution is -2.48. The van der Waals surface area contributed by atoms with Crippen LogP contribution in [0.5, 0.6) is 0 Å². The minimum absolute atomic E-state index is 0.171. The molecule has 0 radical (unpaired) electrons. The average Bonchev–Trinajstić information content (AvgIpc) is 2.76. The molecule has 2 saturated heterocycles. The Balaban J connectivity index is 1.92. The van der Waals surface area contributed by atoms with Gasteiger partial charge in [0, 0.05) is 19.0 Å². The lowest BCUT2D eigenvalue weighted by molar-refractivity contribution is -0.134. The molecule has 2 fully saturated rings. The van der Waals surface area contributed by atoms with Gasteiger partial charge in [0.1, 0.15) is 0 Å². The quantitative estimate of drug-likeness (QED) is 0.779. The van der Waals surface area contributed by atoms with Gasteiger partial charge in [0.15, 0.2) is 0 Å². The Kier molecular flexibility index (Phi) is 3.98. The third-order valence-electron chi connectivity index (χ3n) is 3.86. The van der Waals surface area contributed by atoms with Crippen molar-refractivity contribution < 1.29 is 4.79 Å². The first kappa shape index (κ1) is 13.1. The summed E-state index contributed by atoms with van der Waals surface area (Å²) in [5, 5.41) is 0. The number of piperidine rings is 1. The number of likely N-dealkylation sites (tertiary alicyclic amines) is 1. The number of thioether (sulfide) groups is 1. The van der Waals surface area contributed by atoms with Gasteiger partial charge in [-0.1, -0.05) is 12.2 Å². The highest BCUT2D eigenvalue weighted by Gasteiger charge is 2.40. The molecular formula is C12H20N2OS2. The molecule has 0 saturated carbocycles. The zero-order chi connectivity index (χ0) is 12.5. The molecule has 0 aromatic carbocycles. The molecule has 96 valence electrons. The lowest BCUT2D eigenvalue weighted by atomic mass is 9.95. The largest absolute Gasteiger partial charge is 0.393 e. The van der Waals surface area contributed by atoms with E-state index in [-0.39, 0.29) is 4.75 Å². The fourth-order valence-corrected chi connectivity index (χ4v) is 4.17. The molecule has 2 N–H and O–H groups in total. The van der Waals surface area contributed by atoms with Gasteiger partial charge in [-0.15, -0.1) is 11.8 Å². The Morgan fingerprint density at radius 1 is 1.47 bits per heavy atom. The summed E-state index contributed by atoms with van der Waals surface area (Å²) in [6.07, 6.45) is 4.05. The first-order valence-corrected chi connectivity index (χ1v) is 7.65. The van der Waals surface area contributed by atoms with Crippen molar-refractivity contribution in [3.05, 3.63) is 0 Å². The molecule has 1 atom stereocenters. The van der Waals surface area contributed by atoms with Gasteiger partial charge >= 0.3 is 0 Å². The van der Waals surface area contributed by atoms with Crippen LogP contribution in [-0.4, -0.2) is 39.4 Å². The smallest absolute Gasteiger partial charge is 0.238 e. The molecule has 3 nitrogen and oxygen atoms in total. The Morgan fingerprint density at radius 3 is 2.59 bits per heavy atom. The summed E-state index contributed by atoms with van der Waals surface area (Å²) < 4.78 is -0.171. The average molecular weight is 272 g/mol. The van der Waals surface area contributed by atoms with E-state index in [1.807, 2.05) is 16.7 Å². The summed E-state index contributed by atoms with van der Waals surface area (Å²) in [5.74, 6) is 1.77. The maximum Gasteiger partial charge on any atom is 0.238 e. The molecule has 2 rings (SSSR count). The van der Waals surface area contributed by atoms with E-state index < -0.39 is 0 Å². The minimum Gasteiger partial charge on any atom is -0.393 e. The Bertz CT molecular complexity index is 318. The zero-order valence-electron chi connectivity index (χ0n) is 10.3. The van der Waals surface area contributed by atoms with Crippen molar-refractivity contribution in [1.29, 1.82) is 0 Å². The maximum atomic E-state index is 12.4. The Hall–Kier alpha value is -0.290. The summed E-state index contributed by atoms with van der Waals surface area (Å²) in [6.45, 7) is 3.72. The second-order valence-electron chi connectivity index (χ2n) is 5.15. The van der Waals surface area contributed by atoms with Crippen molar-refractivity contribution in [3.63, 3.8) is 0 Å². The van der Waals surface area contributed by atoms with Gasteiger partial charge in [0.2, 0.25) is 5.91 Å². The number of hydrogen-bond acceptors (Lipinski definition) is 3. The molecule has 1 amide bonds. The van der Waals surface area contributed by atoms with Crippen molar-refractivity contribution in [2.45, 2.75) is 37.4 Å². The highest BCUT2D eigenvalue weighted by molar-refractivity contribution is 8.01. The van der Waals surface area contributed by atoms with Gasteiger partial charge in [-0.2, -0.15) is 0 Å². The molecule has 0 aromatic rings. The second-order valence-corrected chi connectivity index (χ2v) is 7.22. The molecule has 0 aromatic heterocycles. The number of thiocarbonyl (C=S) groups is 1. The van der Waals surface area contributed by atoms with Crippen LogP contribution in [0.2, 0.25) is 0 Å². The SMILES string of the molecule is CC1(C(=O)N2CCC(C(N)=S)CC2)CCCS1. The number of rotatable bonds is 2. The van der Waals surface area contributed by atoms with Crippen LogP contribution in [-0.2, 0) is 4.79 Å². The normalized spacial score (nSPS) is 30.5. The molecule has 5 heteroatoms. The van der Waals surface area contributed by atoms with Crippen molar-refractivity contribution in [3.8, 4) is 0 Å². The molecule has 0 bridgehead atoms. The van der Waals surface area contributed by atoms with Crippen molar-refractivity contribution in [2.75, 3.05) is 18.8 Å². The van der Waals surface area contributed by atoms with E-state index in [0.29, 0.717) is 16.8 Å². The Morgan fingerprint density at radius 2 is 2.12 bits per heavy atom. The number of hydrogen-bond donors (Lipinski definition) is 1. The first-order valence-electron chi connectivity index (χ1n) is 6.25. The predicted octanol–water partition coefficient (Wildman–Crippen LogP) is 1.80. The van der Waals surface area contributed by atoms with Gasteiger partial charge in [0.05, 0.1) is 9.74 Å². The van der Waals surface area contributed by atoms with Gasteiger partial charge in [-0.3, -0.25) is 4.79 Å². The van der Waals surface area contributed by atoms with Crippen molar-refractivity contribution >= 4 is 34.9 Å². The summed E-state index contributed by atoms with van der Waals surface area (Å²) in [4.78, 5) is 15.1. The highest BCUT2D eigenvalue weighted by atomic mass is 32.2. The lowest BCUT2D eigenvalue weighted by Gasteiger charge is -2.36. The first-order chi connectivity index (χ1) is 8.03. The van der Waals surface area contributed by atoms with Crippen LogP contribution in [0.15, 0.2) is 0 Å². The van der Waals surface area contributed by atoms with E-state index in [2.05, 4.69) is 6.92 Å². The van der Waals surface area contributed by atoms with E-state index in [9.17, 15) is 4.79 Å². The van der Waals surface area contributed by atoms with Crippen molar-refractivity contribution in [2.24, 2.45) is 11.7 Å². The van der Waals surface area contributed by atoms with Gasteiger partial charge in [0.25, 0.3) is 0 Å². The van der Waals surface area contributed by atoms with Crippen LogP contribution in [0.25, 0.3) is 0 Å². The molecule has 0 aliphatic carbocycles. The molecular weight excluding hydrogens is 252 g/mol. The van der Waals surface area contributed by atoms with E-state index in [0.717, 1.165) is 44.5 Å². The molecule has 17 heavy (non-hydrogen) atoms. The summed E-state index contributed by atoms with van der Waals surface area (Å²) in [5.41, 5.74) is 5.66. The zero-order valence-corrected chi connectivity index (χ0v) is 11.9. The summed E-state index contributed by atoms with van der Waals surface area (Å²) in [7, 11) is 0. The van der Waals surface area contributed by atoms with E-state index in [4.69, 9.17) is 18.0 Å². The van der Waals surface area contributed by atoms with Crippen LogP contribution >= 0.6 is 24.0 Å². The van der Waals surface area contributed by atoms with E-state index in [1.165, 1.54) is 0 Å². The van der Waals surface area contributed by atoms with Crippen LogP contribution in [0.1, 0.15) is 32.6 Å². The van der Waals surface area contributed by atoms with Crippen LogP contribution < -0.4 is 5.73 Å². The van der Waals surface area contributed by atoms with Crippen molar-refractivity contribution in [1.82, 2.24) is 4.90 Å². The monoisotopic (exact) mass is 272 g/mol. The number of nitrogens with zero attached hydrogens (tertiary/aromatic N) is 1. The fraction of sp³-hybridized carbons (Fsp3) is 0.833. The van der Waals surface area contributed by atoms with Crippen LogP contribution in [0.4, 0.5) is 0 Å². The highest BCUT2D eigenvalue weighted by Crippen LogP contribution is 2.39. The third kappa shape index (κ3) is 2.76. The molecule has 2 aliphatic rings. The predicted molar refractivity (Wildman–Crippen MR) is 76.2 cm³/mol. The molecule has 1 unspecified atom stereocenters. The number of carbonyl (C=O) groups is 1. The maximum absolute atomic E-state index is 12.4. The fourth-order valence-electron chi connectivity index (χ4n) is 2.65.